The summed E-state index contributed by atoms with van der Waals surface area (Å²) in [7, 11) is 1.96. The number of hydrogen-bond acceptors (Lipinski definition) is 5. The van der Waals surface area contributed by atoms with Gasteiger partial charge in [0.15, 0.2) is 0 Å². The Labute approximate surface area is 144 Å². The normalized spacial score (nSPS) is 23.5. The van der Waals surface area contributed by atoms with E-state index in [1.807, 2.05) is 59.4 Å². The fraction of sp³-hybridized carbons (Fsp3) is 0.765. The van der Waals surface area contributed by atoms with Crippen molar-refractivity contribution in [3.8, 4) is 0 Å². The number of carbonyl (C=O) groups excluding carboxylic acids is 1. The molecule has 2 rings (SSSR count). The van der Waals surface area contributed by atoms with Crippen LogP contribution in [0.15, 0.2) is 12.4 Å². The molecule has 1 fully saturated rings. The number of ether oxygens (including phenoxy) is 2. The molecule has 1 aliphatic rings. The predicted molar refractivity (Wildman–Crippen MR) is 91.4 cm³/mol. The number of imidazole rings is 1. The number of rotatable bonds is 4. The molecule has 0 unspecified atom stereocenters. The summed E-state index contributed by atoms with van der Waals surface area (Å²) in [5.74, 6) is 0.949. The summed E-state index contributed by atoms with van der Waals surface area (Å²) >= 11 is 0. The Kier molecular flexibility index (Phi) is 5.25. The van der Waals surface area contributed by atoms with Crippen molar-refractivity contribution in [3.05, 3.63) is 18.2 Å². The van der Waals surface area contributed by atoms with Crippen molar-refractivity contribution in [2.24, 2.45) is 7.05 Å². The highest BCUT2D eigenvalue weighted by Crippen LogP contribution is 2.33. The van der Waals surface area contributed by atoms with Gasteiger partial charge < -0.3 is 19.4 Å². The van der Waals surface area contributed by atoms with Crippen molar-refractivity contribution in [2.45, 2.75) is 71.6 Å². The molecular weight excluding hydrogens is 308 g/mol. The molecule has 1 amide bonds. The van der Waals surface area contributed by atoms with E-state index in [9.17, 15) is 4.79 Å². The molecule has 0 aliphatic carbocycles. The molecule has 136 valence electrons. The predicted octanol–water partition coefficient (Wildman–Crippen LogP) is 2.27. The molecule has 7 nitrogen and oxygen atoms in total. The first-order valence-electron chi connectivity index (χ1n) is 8.38. The molecule has 1 aliphatic heterocycles. The van der Waals surface area contributed by atoms with Crippen molar-refractivity contribution in [1.82, 2.24) is 19.8 Å². The smallest absolute Gasteiger partial charge is 0.412 e. The lowest BCUT2D eigenvalue weighted by molar-refractivity contribution is -0.0756. The highest BCUT2D eigenvalue weighted by atomic mass is 16.6. The average molecular weight is 338 g/mol. The van der Waals surface area contributed by atoms with Crippen molar-refractivity contribution in [3.63, 3.8) is 0 Å². The molecule has 0 aromatic carbocycles. The summed E-state index contributed by atoms with van der Waals surface area (Å²) in [4.78, 5) is 18.7. The van der Waals surface area contributed by atoms with Gasteiger partial charge in [0.1, 0.15) is 17.2 Å². The van der Waals surface area contributed by atoms with Gasteiger partial charge in [0.05, 0.1) is 18.7 Å². The van der Waals surface area contributed by atoms with Crippen molar-refractivity contribution < 1.29 is 14.3 Å². The SMILES string of the molecule is C[C@H]1OC(C)(C)N(C(=O)OC(C)(C)C)[C@@H]1CNCc1nccn1C. The maximum atomic E-state index is 12.7. The van der Waals surface area contributed by atoms with E-state index in [2.05, 4.69) is 10.3 Å². The molecule has 1 saturated heterocycles. The monoisotopic (exact) mass is 338 g/mol. The van der Waals surface area contributed by atoms with Gasteiger partial charge in [-0.1, -0.05) is 0 Å². The number of carbonyl (C=O) groups is 1. The minimum absolute atomic E-state index is 0.0820. The van der Waals surface area contributed by atoms with Crippen molar-refractivity contribution >= 4 is 6.09 Å². The lowest BCUT2D eigenvalue weighted by atomic mass is 10.1. The highest BCUT2D eigenvalue weighted by molar-refractivity contribution is 5.70. The second-order valence-corrected chi connectivity index (χ2v) is 7.77. The Morgan fingerprint density at radius 1 is 1.46 bits per heavy atom. The Hall–Kier alpha value is -1.60. The Balaban J connectivity index is 2.04. The van der Waals surface area contributed by atoms with Crippen LogP contribution in [0, 0.1) is 0 Å². The van der Waals surface area contributed by atoms with Crippen LogP contribution in [0.3, 0.4) is 0 Å². The summed E-state index contributed by atoms with van der Waals surface area (Å²) in [5.41, 5.74) is -1.23. The van der Waals surface area contributed by atoms with Gasteiger partial charge in [-0.15, -0.1) is 0 Å². The Bertz CT molecular complexity index is 577. The van der Waals surface area contributed by atoms with Crippen LogP contribution in [-0.2, 0) is 23.1 Å². The lowest BCUT2D eigenvalue weighted by Crippen LogP contribution is -2.53. The van der Waals surface area contributed by atoms with E-state index >= 15 is 0 Å². The highest BCUT2D eigenvalue weighted by Gasteiger charge is 2.49. The minimum atomic E-state index is -0.697. The molecule has 0 radical (unpaired) electrons. The summed E-state index contributed by atoms with van der Waals surface area (Å²) < 4.78 is 13.5. The summed E-state index contributed by atoms with van der Waals surface area (Å²) in [6, 6.07) is -0.102. The van der Waals surface area contributed by atoms with Gasteiger partial charge in [0.2, 0.25) is 0 Å². The first-order valence-corrected chi connectivity index (χ1v) is 8.38. The third-order valence-electron chi connectivity index (χ3n) is 4.08. The molecule has 0 spiro atoms. The van der Waals surface area contributed by atoms with Crippen LogP contribution >= 0.6 is 0 Å². The van der Waals surface area contributed by atoms with E-state index in [1.54, 1.807) is 11.1 Å². The van der Waals surface area contributed by atoms with Crippen LogP contribution in [0.4, 0.5) is 4.79 Å². The van der Waals surface area contributed by atoms with E-state index in [-0.39, 0.29) is 18.2 Å². The van der Waals surface area contributed by atoms with Crippen molar-refractivity contribution in [1.29, 1.82) is 0 Å². The molecule has 1 aromatic heterocycles. The molecule has 1 aromatic rings. The molecule has 0 saturated carbocycles. The van der Waals surface area contributed by atoms with E-state index in [0.717, 1.165) is 5.82 Å². The molecule has 1 N–H and O–H groups in total. The topological polar surface area (TPSA) is 68.6 Å². The van der Waals surface area contributed by atoms with Gasteiger partial charge in [0.25, 0.3) is 0 Å². The third-order valence-corrected chi connectivity index (χ3v) is 4.08. The zero-order chi connectivity index (χ0) is 18.1. The number of hydrogen-bond donors (Lipinski definition) is 1. The van der Waals surface area contributed by atoms with Crippen LogP contribution in [-0.4, -0.2) is 50.6 Å². The fourth-order valence-electron chi connectivity index (χ4n) is 3.02. The second kappa shape index (κ2) is 6.72. The molecule has 24 heavy (non-hydrogen) atoms. The van der Waals surface area contributed by atoms with Gasteiger partial charge in [0, 0.05) is 26.0 Å². The summed E-state index contributed by atoms with van der Waals surface area (Å²) in [5, 5.41) is 3.37. The Morgan fingerprint density at radius 3 is 2.67 bits per heavy atom. The van der Waals surface area contributed by atoms with Crippen LogP contribution < -0.4 is 5.32 Å². The maximum absolute atomic E-state index is 12.7. The molecule has 2 heterocycles. The van der Waals surface area contributed by atoms with E-state index in [1.165, 1.54) is 0 Å². The van der Waals surface area contributed by atoms with E-state index in [0.29, 0.717) is 13.1 Å². The van der Waals surface area contributed by atoms with E-state index < -0.39 is 11.3 Å². The number of nitrogens with one attached hydrogen (secondary N) is 1. The van der Waals surface area contributed by atoms with Gasteiger partial charge in [-0.25, -0.2) is 9.78 Å². The first-order chi connectivity index (χ1) is 11.0. The van der Waals surface area contributed by atoms with Crippen LogP contribution in [0.5, 0.6) is 0 Å². The molecule has 7 heteroatoms. The van der Waals surface area contributed by atoms with E-state index in [4.69, 9.17) is 9.47 Å². The molecule has 0 bridgehead atoms. The first kappa shape index (κ1) is 18.7. The summed E-state index contributed by atoms with van der Waals surface area (Å²) in [6.07, 6.45) is 3.25. The summed E-state index contributed by atoms with van der Waals surface area (Å²) in [6.45, 7) is 12.6. The quantitative estimate of drug-likeness (QED) is 0.912. The standard InChI is InChI=1S/C17H30N4O3/c1-12-13(10-18-11-14-19-8-9-20(14)7)21(17(5,6)23-12)15(22)24-16(2,3)4/h8-9,12-13,18H,10-11H2,1-7H3/t12-,13-/m1/s1. The zero-order valence-corrected chi connectivity index (χ0v) is 15.8. The zero-order valence-electron chi connectivity index (χ0n) is 15.8. The van der Waals surface area contributed by atoms with Crippen LogP contribution in [0.1, 0.15) is 47.4 Å². The van der Waals surface area contributed by atoms with Crippen LogP contribution in [0.25, 0.3) is 0 Å². The van der Waals surface area contributed by atoms with Gasteiger partial charge >= 0.3 is 6.09 Å². The van der Waals surface area contributed by atoms with Gasteiger partial charge in [-0.3, -0.25) is 4.90 Å². The largest absolute Gasteiger partial charge is 0.444 e. The minimum Gasteiger partial charge on any atom is -0.444 e. The Morgan fingerprint density at radius 2 is 2.12 bits per heavy atom. The van der Waals surface area contributed by atoms with Gasteiger partial charge in [-0.05, 0) is 41.5 Å². The number of aromatic nitrogens is 2. The number of aryl methyl sites for hydroxylation is 1. The maximum Gasteiger partial charge on any atom is 0.412 e. The molecular formula is C17H30N4O3. The van der Waals surface area contributed by atoms with Crippen LogP contribution in [0.2, 0.25) is 0 Å². The second-order valence-electron chi connectivity index (χ2n) is 7.77. The lowest BCUT2D eigenvalue weighted by Gasteiger charge is -2.35. The van der Waals surface area contributed by atoms with Gasteiger partial charge in [-0.2, -0.15) is 0 Å². The number of amides is 1. The fourth-order valence-corrected chi connectivity index (χ4v) is 3.02. The third kappa shape index (κ3) is 4.27. The number of nitrogens with zero attached hydrogens (tertiary/aromatic N) is 3. The molecule has 2 atom stereocenters. The average Bonchev–Trinajstić information content (AvgIpc) is 2.89. The van der Waals surface area contributed by atoms with Crippen molar-refractivity contribution in [2.75, 3.05) is 6.54 Å².